The number of aromatic nitrogens is 2. The van der Waals surface area contributed by atoms with E-state index in [1.807, 2.05) is 24.3 Å². The van der Waals surface area contributed by atoms with Crippen molar-refractivity contribution in [2.75, 3.05) is 7.11 Å². The molecule has 0 saturated heterocycles. The lowest BCUT2D eigenvalue weighted by Gasteiger charge is -2.23. The summed E-state index contributed by atoms with van der Waals surface area (Å²) in [6.45, 7) is 1.74. The number of hydrogen-bond acceptors (Lipinski definition) is 4. The summed E-state index contributed by atoms with van der Waals surface area (Å²) in [5, 5.41) is 10.2. The van der Waals surface area contributed by atoms with E-state index in [1.54, 1.807) is 20.2 Å². The van der Waals surface area contributed by atoms with Gasteiger partial charge in [-0.2, -0.15) is 0 Å². The monoisotopic (exact) mass is 400 g/mol. The SMILES string of the molecule is COc1ccccc1C(c1cnc(Br)nc1Br)C(C)O. The maximum Gasteiger partial charge on any atom is 0.197 e. The van der Waals surface area contributed by atoms with E-state index in [1.165, 1.54) is 0 Å². The first kappa shape index (κ1) is 15.4. The Bertz CT molecular complexity index is 605. The number of para-hydroxylation sites is 1. The summed E-state index contributed by atoms with van der Waals surface area (Å²) in [5.41, 5.74) is 1.71. The standard InChI is InChI=1S/C14H14Br2N2O2/c1-8(19)12(9-5-3-4-6-11(9)20-2)10-7-17-14(16)18-13(10)15/h3-8,12,19H,1-2H3. The van der Waals surface area contributed by atoms with Crippen molar-refractivity contribution in [3.05, 3.63) is 50.9 Å². The number of benzene rings is 1. The van der Waals surface area contributed by atoms with Gasteiger partial charge in [-0.05, 0) is 44.8 Å². The van der Waals surface area contributed by atoms with Crippen molar-refractivity contribution in [3.8, 4) is 5.75 Å². The third kappa shape index (κ3) is 3.19. The molecule has 1 aromatic carbocycles. The third-order valence-electron chi connectivity index (χ3n) is 3.03. The van der Waals surface area contributed by atoms with Gasteiger partial charge in [0.2, 0.25) is 0 Å². The average Bonchev–Trinajstić information content (AvgIpc) is 2.42. The van der Waals surface area contributed by atoms with Crippen LogP contribution >= 0.6 is 31.9 Å². The number of aliphatic hydroxyl groups excluding tert-OH is 1. The van der Waals surface area contributed by atoms with E-state index in [-0.39, 0.29) is 5.92 Å². The summed E-state index contributed by atoms with van der Waals surface area (Å²) >= 11 is 6.65. The zero-order chi connectivity index (χ0) is 14.7. The van der Waals surface area contributed by atoms with Gasteiger partial charge in [-0.1, -0.05) is 18.2 Å². The summed E-state index contributed by atoms with van der Waals surface area (Å²) in [6.07, 6.45) is 1.10. The van der Waals surface area contributed by atoms with Crippen LogP contribution in [0.3, 0.4) is 0 Å². The van der Waals surface area contributed by atoms with Crippen LogP contribution in [-0.2, 0) is 0 Å². The molecule has 0 fully saturated rings. The third-order valence-corrected chi connectivity index (χ3v) is 4.05. The topological polar surface area (TPSA) is 55.2 Å². The molecule has 4 nitrogen and oxygen atoms in total. The molecular formula is C14H14Br2N2O2. The molecule has 0 bridgehead atoms. The number of nitrogens with zero attached hydrogens (tertiary/aromatic N) is 2. The van der Waals surface area contributed by atoms with E-state index in [0.717, 1.165) is 16.9 Å². The normalized spacial score (nSPS) is 13.8. The van der Waals surface area contributed by atoms with Crippen LogP contribution in [0.5, 0.6) is 5.75 Å². The highest BCUT2D eigenvalue weighted by Gasteiger charge is 2.26. The van der Waals surface area contributed by atoms with Crippen molar-refractivity contribution in [1.82, 2.24) is 9.97 Å². The lowest BCUT2D eigenvalue weighted by Crippen LogP contribution is -2.18. The Balaban J connectivity index is 2.56. The van der Waals surface area contributed by atoms with E-state index in [4.69, 9.17) is 4.74 Å². The van der Waals surface area contributed by atoms with Crippen molar-refractivity contribution in [1.29, 1.82) is 0 Å². The van der Waals surface area contributed by atoms with Crippen LogP contribution in [0.1, 0.15) is 24.0 Å². The smallest absolute Gasteiger partial charge is 0.197 e. The van der Waals surface area contributed by atoms with Gasteiger partial charge in [0.15, 0.2) is 4.73 Å². The van der Waals surface area contributed by atoms with E-state index in [9.17, 15) is 5.11 Å². The van der Waals surface area contributed by atoms with Crippen LogP contribution in [0.4, 0.5) is 0 Å². The van der Waals surface area contributed by atoms with Crippen molar-refractivity contribution in [2.24, 2.45) is 0 Å². The molecule has 2 unspecified atom stereocenters. The zero-order valence-electron chi connectivity index (χ0n) is 11.0. The number of ether oxygens (including phenoxy) is 1. The fourth-order valence-electron chi connectivity index (χ4n) is 2.17. The molecule has 106 valence electrons. The Labute approximate surface area is 134 Å². The first-order valence-electron chi connectivity index (χ1n) is 6.03. The van der Waals surface area contributed by atoms with E-state index >= 15 is 0 Å². The number of rotatable bonds is 4. The molecule has 0 aliphatic carbocycles. The van der Waals surface area contributed by atoms with Crippen LogP contribution in [-0.4, -0.2) is 28.3 Å². The van der Waals surface area contributed by atoms with Crippen LogP contribution in [0.2, 0.25) is 0 Å². The molecule has 6 heteroatoms. The summed E-state index contributed by atoms with van der Waals surface area (Å²) in [7, 11) is 1.62. The predicted octanol–water partition coefficient (Wildman–Crippen LogP) is 3.52. The van der Waals surface area contributed by atoms with Gasteiger partial charge in [0.05, 0.1) is 13.2 Å². The van der Waals surface area contributed by atoms with Crippen LogP contribution in [0.15, 0.2) is 39.8 Å². The van der Waals surface area contributed by atoms with Gasteiger partial charge in [-0.15, -0.1) is 0 Å². The molecule has 20 heavy (non-hydrogen) atoms. The minimum absolute atomic E-state index is 0.270. The Morgan fingerprint density at radius 3 is 2.50 bits per heavy atom. The van der Waals surface area contributed by atoms with Gasteiger partial charge in [0, 0.05) is 23.2 Å². The molecule has 0 radical (unpaired) electrons. The number of hydrogen-bond donors (Lipinski definition) is 1. The first-order chi connectivity index (χ1) is 9.54. The molecule has 0 amide bonds. The lowest BCUT2D eigenvalue weighted by molar-refractivity contribution is 0.174. The fraction of sp³-hybridized carbons (Fsp3) is 0.286. The van der Waals surface area contributed by atoms with Crippen LogP contribution < -0.4 is 4.74 Å². The zero-order valence-corrected chi connectivity index (χ0v) is 14.2. The van der Waals surface area contributed by atoms with Gasteiger partial charge < -0.3 is 9.84 Å². The average molecular weight is 402 g/mol. The minimum Gasteiger partial charge on any atom is -0.496 e. The minimum atomic E-state index is -0.604. The van der Waals surface area contributed by atoms with Gasteiger partial charge in [0.1, 0.15) is 10.4 Å². The largest absolute Gasteiger partial charge is 0.496 e. The lowest BCUT2D eigenvalue weighted by atomic mass is 9.88. The molecule has 1 heterocycles. The maximum absolute atomic E-state index is 10.2. The van der Waals surface area contributed by atoms with E-state index in [0.29, 0.717) is 9.34 Å². The summed E-state index contributed by atoms with van der Waals surface area (Å²) < 4.78 is 6.53. The Hall–Kier alpha value is -0.980. The van der Waals surface area contributed by atoms with E-state index < -0.39 is 6.10 Å². The van der Waals surface area contributed by atoms with Crippen LogP contribution in [0.25, 0.3) is 0 Å². The molecule has 2 aromatic rings. The van der Waals surface area contributed by atoms with Crippen molar-refractivity contribution >= 4 is 31.9 Å². The summed E-state index contributed by atoms with van der Waals surface area (Å²) in [5.74, 6) is 0.460. The molecular weight excluding hydrogens is 388 g/mol. The van der Waals surface area contributed by atoms with Crippen molar-refractivity contribution in [3.63, 3.8) is 0 Å². The van der Waals surface area contributed by atoms with Crippen molar-refractivity contribution < 1.29 is 9.84 Å². The molecule has 1 N–H and O–H groups in total. The second-order valence-electron chi connectivity index (χ2n) is 4.35. The number of methoxy groups -OCH3 is 1. The van der Waals surface area contributed by atoms with E-state index in [2.05, 4.69) is 41.8 Å². The summed E-state index contributed by atoms with van der Waals surface area (Å²) in [4.78, 5) is 8.38. The molecule has 2 rings (SSSR count). The molecule has 0 saturated carbocycles. The second kappa shape index (κ2) is 6.65. The second-order valence-corrected chi connectivity index (χ2v) is 5.81. The van der Waals surface area contributed by atoms with Crippen molar-refractivity contribution in [2.45, 2.75) is 18.9 Å². The Morgan fingerprint density at radius 2 is 1.90 bits per heavy atom. The molecule has 1 aromatic heterocycles. The van der Waals surface area contributed by atoms with Gasteiger partial charge >= 0.3 is 0 Å². The Kier molecular flexibility index (Phi) is 5.12. The first-order valence-corrected chi connectivity index (χ1v) is 7.62. The molecule has 2 atom stereocenters. The molecule has 0 aliphatic rings. The van der Waals surface area contributed by atoms with Crippen LogP contribution in [0, 0.1) is 0 Å². The molecule has 0 spiro atoms. The highest BCUT2D eigenvalue weighted by Crippen LogP contribution is 2.36. The van der Waals surface area contributed by atoms with Gasteiger partial charge in [-0.25, -0.2) is 9.97 Å². The highest BCUT2D eigenvalue weighted by atomic mass is 79.9. The molecule has 0 aliphatic heterocycles. The number of aliphatic hydroxyl groups is 1. The Morgan fingerprint density at radius 1 is 1.20 bits per heavy atom. The van der Waals surface area contributed by atoms with Gasteiger partial charge in [-0.3, -0.25) is 0 Å². The number of halogens is 2. The highest BCUT2D eigenvalue weighted by molar-refractivity contribution is 9.11. The fourth-order valence-corrected chi connectivity index (χ4v) is 3.20. The maximum atomic E-state index is 10.2. The van der Waals surface area contributed by atoms with Gasteiger partial charge in [0.25, 0.3) is 0 Å². The quantitative estimate of drug-likeness (QED) is 0.629. The summed E-state index contributed by atoms with van der Waals surface area (Å²) in [6, 6.07) is 7.62. The predicted molar refractivity (Wildman–Crippen MR) is 83.9 cm³/mol.